The smallest absolute Gasteiger partial charge is 0.324 e. The van der Waals surface area contributed by atoms with E-state index < -0.39 is 0 Å². The number of aromatic nitrogens is 5. The van der Waals surface area contributed by atoms with Crippen LogP contribution < -0.4 is 9.47 Å². The third-order valence-corrected chi connectivity index (χ3v) is 3.21. The van der Waals surface area contributed by atoms with Gasteiger partial charge >= 0.3 is 12.0 Å². The zero-order valence-electron chi connectivity index (χ0n) is 11.0. The maximum Gasteiger partial charge on any atom is 0.324 e. The van der Waals surface area contributed by atoms with E-state index >= 15 is 0 Å². The molecule has 2 heterocycles. The molecule has 0 saturated carbocycles. The lowest BCUT2D eigenvalue weighted by Gasteiger charge is -2.07. The van der Waals surface area contributed by atoms with E-state index in [1.54, 1.807) is 22.8 Å². The van der Waals surface area contributed by atoms with Gasteiger partial charge in [-0.15, -0.1) is 4.98 Å². The van der Waals surface area contributed by atoms with E-state index in [1.807, 2.05) is 0 Å². The predicted molar refractivity (Wildman–Crippen MR) is 77.6 cm³/mol. The number of benzene rings is 1. The Balaban J connectivity index is 2.27. The van der Waals surface area contributed by atoms with Crippen LogP contribution in [-0.4, -0.2) is 38.7 Å². The summed E-state index contributed by atoms with van der Waals surface area (Å²) >= 11 is 12.1. The summed E-state index contributed by atoms with van der Waals surface area (Å²) in [6.45, 7) is 0. The third-order valence-electron chi connectivity index (χ3n) is 2.72. The standard InChI is InChI=1S/C12H9Cl2N5O2/c1-20-11-16-10(17-12(18-11)21-2)19-8-4-3-6(13)5-7(8)15-9(19)14/h3-5H,1-2H3. The molecular formula is C12H9Cl2N5O2. The second kappa shape index (κ2) is 5.34. The Morgan fingerprint density at radius 3 is 2.24 bits per heavy atom. The SMILES string of the molecule is COc1nc(OC)nc(-n2c(Cl)nc3cc(Cl)ccc32)n1. The molecule has 0 aliphatic carbocycles. The van der Waals surface area contributed by atoms with Crippen LogP contribution >= 0.6 is 23.2 Å². The van der Waals surface area contributed by atoms with Gasteiger partial charge in [0.1, 0.15) is 0 Å². The first-order valence-corrected chi connectivity index (χ1v) is 6.56. The number of ether oxygens (including phenoxy) is 2. The van der Waals surface area contributed by atoms with E-state index in [9.17, 15) is 0 Å². The van der Waals surface area contributed by atoms with Crippen LogP contribution in [0.2, 0.25) is 10.3 Å². The number of fused-ring (bicyclic) bond motifs is 1. The second-order valence-electron chi connectivity index (χ2n) is 3.96. The largest absolute Gasteiger partial charge is 0.467 e. The number of methoxy groups -OCH3 is 2. The van der Waals surface area contributed by atoms with Crippen LogP contribution in [-0.2, 0) is 0 Å². The Morgan fingerprint density at radius 2 is 1.62 bits per heavy atom. The lowest BCUT2D eigenvalue weighted by molar-refractivity contribution is 0.339. The Morgan fingerprint density at radius 1 is 0.952 bits per heavy atom. The summed E-state index contributed by atoms with van der Waals surface area (Å²) in [7, 11) is 2.90. The van der Waals surface area contributed by atoms with Crippen molar-refractivity contribution in [2.75, 3.05) is 14.2 Å². The first kappa shape index (κ1) is 13.8. The molecule has 7 nitrogen and oxygen atoms in total. The maximum atomic E-state index is 6.17. The van der Waals surface area contributed by atoms with Crippen molar-refractivity contribution < 1.29 is 9.47 Å². The first-order chi connectivity index (χ1) is 10.1. The molecule has 0 aliphatic rings. The molecule has 3 aromatic rings. The van der Waals surface area contributed by atoms with Gasteiger partial charge in [-0.25, -0.2) is 4.98 Å². The fraction of sp³-hybridized carbons (Fsp3) is 0.167. The van der Waals surface area contributed by atoms with Gasteiger partial charge in [-0.2, -0.15) is 9.97 Å². The second-order valence-corrected chi connectivity index (χ2v) is 4.73. The fourth-order valence-corrected chi connectivity index (χ4v) is 2.25. The maximum absolute atomic E-state index is 6.17. The highest BCUT2D eigenvalue weighted by atomic mass is 35.5. The molecule has 0 spiro atoms. The van der Waals surface area contributed by atoms with Crippen LogP contribution in [0.5, 0.6) is 12.0 Å². The highest BCUT2D eigenvalue weighted by Gasteiger charge is 2.16. The molecule has 0 saturated heterocycles. The molecule has 2 aromatic heterocycles. The Labute approximate surface area is 129 Å². The summed E-state index contributed by atoms with van der Waals surface area (Å²) in [5.74, 6) is 0.244. The van der Waals surface area contributed by atoms with E-state index in [0.29, 0.717) is 16.1 Å². The number of hydrogen-bond acceptors (Lipinski definition) is 6. The summed E-state index contributed by atoms with van der Waals surface area (Å²) in [4.78, 5) is 16.5. The summed E-state index contributed by atoms with van der Waals surface area (Å²) in [5.41, 5.74) is 1.34. The van der Waals surface area contributed by atoms with E-state index in [2.05, 4.69) is 19.9 Å². The van der Waals surface area contributed by atoms with Crippen LogP contribution in [0, 0.1) is 0 Å². The molecule has 0 radical (unpaired) electrons. The topological polar surface area (TPSA) is 75.0 Å². The first-order valence-electron chi connectivity index (χ1n) is 5.80. The molecule has 3 rings (SSSR count). The monoisotopic (exact) mass is 325 g/mol. The summed E-state index contributed by atoms with van der Waals surface area (Å²) in [6.07, 6.45) is 0. The lowest BCUT2D eigenvalue weighted by Crippen LogP contribution is -2.06. The van der Waals surface area contributed by atoms with E-state index in [1.165, 1.54) is 14.2 Å². The molecular weight excluding hydrogens is 317 g/mol. The van der Waals surface area contributed by atoms with Gasteiger partial charge in [-0.3, -0.25) is 4.57 Å². The minimum atomic E-state index is 0.115. The van der Waals surface area contributed by atoms with E-state index in [0.717, 1.165) is 0 Å². The molecule has 0 N–H and O–H groups in total. The summed E-state index contributed by atoms with van der Waals surface area (Å²) < 4.78 is 11.6. The number of nitrogens with zero attached hydrogens (tertiary/aromatic N) is 5. The van der Waals surface area contributed by atoms with Crippen LogP contribution in [0.25, 0.3) is 17.0 Å². The van der Waals surface area contributed by atoms with Crippen LogP contribution in [0.1, 0.15) is 0 Å². The van der Waals surface area contributed by atoms with Gasteiger partial charge in [0.25, 0.3) is 0 Å². The van der Waals surface area contributed by atoms with Gasteiger partial charge in [0.2, 0.25) is 11.2 Å². The van der Waals surface area contributed by atoms with Crippen molar-refractivity contribution in [3.8, 4) is 18.0 Å². The molecule has 21 heavy (non-hydrogen) atoms. The fourth-order valence-electron chi connectivity index (χ4n) is 1.82. The van der Waals surface area contributed by atoms with Crippen molar-refractivity contribution in [2.45, 2.75) is 0 Å². The summed E-state index contributed by atoms with van der Waals surface area (Å²) in [5, 5.41) is 0.761. The van der Waals surface area contributed by atoms with Crippen LogP contribution in [0.3, 0.4) is 0 Å². The zero-order valence-corrected chi connectivity index (χ0v) is 12.6. The number of halogens is 2. The Kier molecular flexibility index (Phi) is 3.52. The van der Waals surface area contributed by atoms with Gasteiger partial charge in [0.15, 0.2) is 0 Å². The van der Waals surface area contributed by atoms with Gasteiger partial charge in [0, 0.05) is 5.02 Å². The molecule has 108 valence electrons. The molecule has 9 heteroatoms. The third kappa shape index (κ3) is 2.45. The average molecular weight is 326 g/mol. The van der Waals surface area contributed by atoms with Gasteiger partial charge < -0.3 is 9.47 Å². The Bertz CT molecular complexity index is 799. The van der Waals surface area contributed by atoms with Crippen molar-refractivity contribution in [1.29, 1.82) is 0 Å². The molecule has 0 aliphatic heterocycles. The predicted octanol–water partition coefficient (Wildman–Crippen LogP) is 2.53. The number of rotatable bonds is 3. The molecule has 1 aromatic carbocycles. The minimum Gasteiger partial charge on any atom is -0.467 e. The van der Waals surface area contributed by atoms with Gasteiger partial charge in [-0.1, -0.05) is 11.6 Å². The van der Waals surface area contributed by atoms with E-state index in [-0.39, 0.29) is 23.3 Å². The zero-order chi connectivity index (χ0) is 15.0. The normalized spacial score (nSPS) is 10.9. The molecule has 0 amide bonds. The van der Waals surface area contributed by atoms with Crippen LogP contribution in [0.4, 0.5) is 0 Å². The molecule has 0 fully saturated rings. The van der Waals surface area contributed by atoms with Crippen molar-refractivity contribution in [2.24, 2.45) is 0 Å². The molecule has 0 atom stereocenters. The molecule has 0 unspecified atom stereocenters. The van der Waals surface area contributed by atoms with Crippen molar-refractivity contribution in [3.63, 3.8) is 0 Å². The van der Waals surface area contributed by atoms with Gasteiger partial charge in [-0.05, 0) is 29.8 Å². The Hall–Kier alpha value is -2.12. The van der Waals surface area contributed by atoms with Crippen molar-refractivity contribution >= 4 is 34.2 Å². The van der Waals surface area contributed by atoms with E-state index in [4.69, 9.17) is 32.7 Å². The molecule has 0 bridgehead atoms. The minimum absolute atomic E-state index is 0.115. The highest BCUT2D eigenvalue weighted by Crippen LogP contribution is 2.26. The highest BCUT2D eigenvalue weighted by molar-refractivity contribution is 6.32. The number of imidazole rings is 1. The number of hydrogen-bond donors (Lipinski definition) is 0. The summed E-state index contributed by atoms with van der Waals surface area (Å²) in [6, 6.07) is 5.44. The van der Waals surface area contributed by atoms with Crippen molar-refractivity contribution in [1.82, 2.24) is 24.5 Å². The van der Waals surface area contributed by atoms with Gasteiger partial charge in [0.05, 0.1) is 25.3 Å². The average Bonchev–Trinajstić information content (AvgIpc) is 2.81. The lowest BCUT2D eigenvalue weighted by atomic mass is 10.3. The quantitative estimate of drug-likeness (QED) is 0.736. The van der Waals surface area contributed by atoms with Crippen molar-refractivity contribution in [3.05, 3.63) is 28.5 Å². The van der Waals surface area contributed by atoms with Crippen LogP contribution in [0.15, 0.2) is 18.2 Å².